The molecule has 0 aliphatic heterocycles. The van der Waals surface area contributed by atoms with Crippen molar-refractivity contribution in [1.29, 1.82) is 0 Å². The van der Waals surface area contributed by atoms with Gasteiger partial charge in [0.1, 0.15) is 6.33 Å². The molecule has 10 heteroatoms. The molecule has 8 nitrogen and oxygen atoms in total. The third kappa shape index (κ3) is 4.12. The number of amides is 2. The third-order valence-corrected chi connectivity index (χ3v) is 4.46. The molecule has 2 N–H and O–H groups in total. The van der Waals surface area contributed by atoms with Gasteiger partial charge >= 0.3 is 6.03 Å². The van der Waals surface area contributed by atoms with Gasteiger partial charge in [0.25, 0.3) is 5.95 Å². The van der Waals surface area contributed by atoms with Gasteiger partial charge in [0.05, 0.1) is 11.1 Å². The van der Waals surface area contributed by atoms with Crippen LogP contribution in [0.15, 0.2) is 47.5 Å². The lowest BCUT2D eigenvalue weighted by Crippen LogP contribution is -2.32. The molecule has 2 aromatic heterocycles. The summed E-state index contributed by atoms with van der Waals surface area (Å²) in [6, 6.07) is 6.03. The molecular formula is C15H13BrClN7O. The lowest BCUT2D eigenvalue weighted by Gasteiger charge is -2.14. The molecule has 1 atom stereocenters. The summed E-state index contributed by atoms with van der Waals surface area (Å²) in [6.45, 7) is 1.79. The van der Waals surface area contributed by atoms with Gasteiger partial charge in [-0.2, -0.15) is 9.78 Å². The highest BCUT2D eigenvalue weighted by molar-refractivity contribution is 9.10. The molecule has 1 aromatic carbocycles. The summed E-state index contributed by atoms with van der Waals surface area (Å²) in [6.07, 6.45) is 4.60. The number of nitrogens with zero attached hydrogens (tertiary/aromatic N) is 5. The fraction of sp³-hybridized carbons (Fsp3) is 0.133. The highest BCUT2D eigenvalue weighted by Gasteiger charge is 2.18. The zero-order chi connectivity index (χ0) is 17.8. The van der Waals surface area contributed by atoms with Gasteiger partial charge in [-0.3, -0.25) is 0 Å². The Morgan fingerprint density at radius 3 is 2.76 bits per heavy atom. The van der Waals surface area contributed by atoms with Crippen molar-refractivity contribution in [2.75, 3.05) is 5.32 Å². The minimum Gasteiger partial charge on any atom is -0.328 e. The molecular weight excluding hydrogens is 410 g/mol. The van der Waals surface area contributed by atoms with Gasteiger partial charge in [-0.15, -0.1) is 0 Å². The normalized spacial score (nSPS) is 11.8. The van der Waals surface area contributed by atoms with Crippen molar-refractivity contribution in [3.8, 4) is 5.95 Å². The van der Waals surface area contributed by atoms with Crippen LogP contribution in [0, 0.1) is 0 Å². The summed E-state index contributed by atoms with van der Waals surface area (Å²) >= 11 is 9.32. The number of aromatic nitrogens is 5. The number of carbonyl (C=O) groups is 1. The molecule has 0 aliphatic carbocycles. The van der Waals surface area contributed by atoms with E-state index in [0.29, 0.717) is 22.5 Å². The van der Waals surface area contributed by atoms with Gasteiger partial charge in [-0.05, 0) is 47.1 Å². The van der Waals surface area contributed by atoms with Crippen molar-refractivity contribution in [3.63, 3.8) is 0 Å². The topological polar surface area (TPSA) is 97.6 Å². The van der Waals surface area contributed by atoms with Gasteiger partial charge < -0.3 is 10.6 Å². The second-order valence-corrected chi connectivity index (χ2v) is 6.29. The quantitative estimate of drug-likeness (QED) is 0.672. The van der Waals surface area contributed by atoms with Crippen LogP contribution in [0.25, 0.3) is 5.95 Å². The van der Waals surface area contributed by atoms with Crippen LogP contribution in [0.4, 0.5) is 10.5 Å². The number of halogens is 2. The first-order chi connectivity index (χ1) is 12.0. The number of urea groups is 1. The first kappa shape index (κ1) is 17.3. The SMILES string of the molecule is CC(NC(=O)Nc1ccc(Br)c(Cl)c1)c1ncnn1-c1ncccn1. The van der Waals surface area contributed by atoms with Crippen LogP contribution in [0.3, 0.4) is 0 Å². The standard InChI is InChI=1S/C15H13BrClN7O/c1-9(13-20-8-21-24(13)14-18-5-2-6-19-14)22-15(25)23-10-3-4-11(16)12(17)7-10/h2-9H,1H3,(H2,22,23,25). The molecule has 0 spiro atoms. The average molecular weight is 423 g/mol. The maximum atomic E-state index is 12.2. The Kier molecular flexibility index (Phi) is 5.25. The summed E-state index contributed by atoms with van der Waals surface area (Å²) in [7, 11) is 0. The number of benzene rings is 1. The van der Waals surface area contributed by atoms with Crippen molar-refractivity contribution in [3.05, 3.63) is 58.3 Å². The second kappa shape index (κ2) is 7.58. The number of hydrogen-bond donors (Lipinski definition) is 2. The molecule has 3 aromatic rings. The molecule has 0 aliphatic rings. The van der Waals surface area contributed by atoms with Crippen molar-refractivity contribution in [2.24, 2.45) is 0 Å². The van der Waals surface area contributed by atoms with Gasteiger partial charge in [0, 0.05) is 22.6 Å². The zero-order valence-corrected chi connectivity index (χ0v) is 15.4. The predicted octanol–water partition coefficient (Wildman–Crippen LogP) is 3.36. The Hall–Kier alpha value is -2.52. The van der Waals surface area contributed by atoms with E-state index in [9.17, 15) is 4.79 Å². The number of nitrogens with one attached hydrogen (secondary N) is 2. The largest absolute Gasteiger partial charge is 0.328 e. The molecule has 0 saturated carbocycles. The highest BCUT2D eigenvalue weighted by Crippen LogP contribution is 2.25. The van der Waals surface area contributed by atoms with E-state index in [2.05, 4.69) is 46.6 Å². The minimum absolute atomic E-state index is 0.378. The summed E-state index contributed by atoms with van der Waals surface area (Å²) in [5, 5.41) is 10.1. The lowest BCUT2D eigenvalue weighted by atomic mass is 10.3. The fourth-order valence-electron chi connectivity index (χ4n) is 2.10. The van der Waals surface area contributed by atoms with Crippen molar-refractivity contribution < 1.29 is 4.79 Å². The monoisotopic (exact) mass is 421 g/mol. The molecule has 0 bridgehead atoms. The predicted molar refractivity (Wildman–Crippen MR) is 96.7 cm³/mol. The first-order valence-corrected chi connectivity index (χ1v) is 8.41. The van der Waals surface area contributed by atoms with Crippen LogP contribution in [0.2, 0.25) is 5.02 Å². The molecule has 1 unspecified atom stereocenters. The summed E-state index contributed by atoms with van der Waals surface area (Å²) < 4.78 is 2.23. The number of carbonyl (C=O) groups excluding carboxylic acids is 1. The Morgan fingerprint density at radius 2 is 2.04 bits per heavy atom. The smallest absolute Gasteiger partial charge is 0.319 e. The van der Waals surface area contributed by atoms with E-state index in [4.69, 9.17) is 11.6 Å². The molecule has 0 saturated heterocycles. The zero-order valence-electron chi connectivity index (χ0n) is 13.0. The van der Waals surface area contributed by atoms with E-state index in [1.165, 1.54) is 11.0 Å². The minimum atomic E-state index is -0.419. The maximum Gasteiger partial charge on any atom is 0.319 e. The summed E-state index contributed by atoms with van der Waals surface area (Å²) in [5.74, 6) is 0.888. The van der Waals surface area contributed by atoms with Gasteiger partial charge in [-0.1, -0.05) is 11.6 Å². The van der Waals surface area contributed by atoms with Crippen LogP contribution in [-0.2, 0) is 0 Å². The third-order valence-electron chi connectivity index (χ3n) is 3.23. The van der Waals surface area contributed by atoms with E-state index < -0.39 is 12.1 Å². The maximum absolute atomic E-state index is 12.2. The van der Waals surface area contributed by atoms with E-state index in [1.807, 2.05) is 0 Å². The lowest BCUT2D eigenvalue weighted by molar-refractivity contribution is 0.248. The second-order valence-electron chi connectivity index (χ2n) is 5.03. The van der Waals surface area contributed by atoms with Crippen LogP contribution < -0.4 is 10.6 Å². The Labute approximate surface area is 156 Å². The Bertz CT molecular complexity index is 887. The van der Waals surface area contributed by atoms with Crippen LogP contribution in [-0.4, -0.2) is 30.8 Å². The summed E-state index contributed by atoms with van der Waals surface area (Å²) in [5.41, 5.74) is 0.575. The number of rotatable bonds is 4. The van der Waals surface area contributed by atoms with Crippen molar-refractivity contribution >= 4 is 39.2 Å². The van der Waals surface area contributed by atoms with E-state index in [1.54, 1.807) is 43.6 Å². The molecule has 0 fully saturated rings. The summed E-state index contributed by atoms with van der Waals surface area (Å²) in [4.78, 5) is 24.6. The van der Waals surface area contributed by atoms with Crippen molar-refractivity contribution in [1.82, 2.24) is 30.0 Å². The first-order valence-electron chi connectivity index (χ1n) is 7.24. The highest BCUT2D eigenvalue weighted by atomic mass is 79.9. The fourth-order valence-corrected chi connectivity index (χ4v) is 2.53. The van der Waals surface area contributed by atoms with E-state index in [-0.39, 0.29) is 0 Å². The average Bonchev–Trinajstić information content (AvgIpc) is 3.09. The molecule has 128 valence electrons. The van der Waals surface area contributed by atoms with E-state index in [0.717, 1.165) is 4.47 Å². The van der Waals surface area contributed by atoms with Crippen LogP contribution in [0.5, 0.6) is 0 Å². The molecule has 0 radical (unpaired) electrons. The van der Waals surface area contributed by atoms with Crippen LogP contribution in [0.1, 0.15) is 18.8 Å². The van der Waals surface area contributed by atoms with Gasteiger partial charge in [0.15, 0.2) is 5.82 Å². The van der Waals surface area contributed by atoms with Crippen molar-refractivity contribution in [2.45, 2.75) is 13.0 Å². The van der Waals surface area contributed by atoms with Crippen LogP contribution >= 0.6 is 27.5 Å². The number of anilines is 1. The number of hydrogen-bond acceptors (Lipinski definition) is 5. The Morgan fingerprint density at radius 1 is 1.28 bits per heavy atom. The molecule has 25 heavy (non-hydrogen) atoms. The van der Waals surface area contributed by atoms with E-state index >= 15 is 0 Å². The van der Waals surface area contributed by atoms with Gasteiger partial charge in [-0.25, -0.2) is 19.7 Å². The Balaban J connectivity index is 1.70. The molecule has 2 amide bonds. The molecule has 2 heterocycles. The van der Waals surface area contributed by atoms with Gasteiger partial charge in [0.2, 0.25) is 0 Å². The molecule has 3 rings (SSSR count).